The van der Waals surface area contributed by atoms with Crippen molar-refractivity contribution in [3.05, 3.63) is 58.8 Å². The van der Waals surface area contributed by atoms with Gasteiger partial charge in [0.05, 0.1) is 15.7 Å². The van der Waals surface area contributed by atoms with Crippen LogP contribution in [0.3, 0.4) is 0 Å². The number of halogens is 1. The third-order valence-electron chi connectivity index (χ3n) is 3.37. The summed E-state index contributed by atoms with van der Waals surface area (Å²) < 4.78 is 1.14. The van der Waals surface area contributed by atoms with E-state index in [2.05, 4.69) is 15.0 Å². The van der Waals surface area contributed by atoms with Crippen molar-refractivity contribution in [2.75, 3.05) is 0 Å². The van der Waals surface area contributed by atoms with Crippen molar-refractivity contribution in [2.45, 2.75) is 10.8 Å². The largest absolute Gasteiger partial charge is 0.256 e. The first-order valence-corrected chi connectivity index (χ1v) is 8.90. The standard InChI is InChI=1S/C16H10ClN3S2/c17-12-4-3-10(14-11(12)2-1-6-18-14)8-22-16-15-13(5-7-21-15)19-9-20-16/h1-7,9H,8H2. The second kappa shape index (κ2) is 5.83. The van der Waals surface area contributed by atoms with E-state index in [-0.39, 0.29) is 0 Å². The molecular formula is C16H10ClN3S2. The monoisotopic (exact) mass is 343 g/mol. The van der Waals surface area contributed by atoms with Crippen molar-refractivity contribution < 1.29 is 0 Å². The first-order valence-electron chi connectivity index (χ1n) is 6.66. The molecule has 3 aromatic heterocycles. The Balaban J connectivity index is 1.70. The van der Waals surface area contributed by atoms with E-state index in [1.165, 1.54) is 0 Å². The molecule has 0 saturated carbocycles. The van der Waals surface area contributed by atoms with Crippen LogP contribution in [0.1, 0.15) is 5.56 Å². The number of hydrogen-bond acceptors (Lipinski definition) is 5. The molecule has 0 aliphatic rings. The Kier molecular flexibility index (Phi) is 3.70. The minimum absolute atomic E-state index is 0.736. The summed E-state index contributed by atoms with van der Waals surface area (Å²) in [5.74, 6) is 0.800. The van der Waals surface area contributed by atoms with E-state index in [1.807, 2.05) is 35.7 Å². The molecule has 0 saturated heterocycles. The zero-order chi connectivity index (χ0) is 14.9. The fraction of sp³-hybridized carbons (Fsp3) is 0.0625. The number of pyridine rings is 1. The number of rotatable bonds is 3. The van der Waals surface area contributed by atoms with E-state index >= 15 is 0 Å². The highest BCUT2D eigenvalue weighted by molar-refractivity contribution is 7.98. The molecule has 4 aromatic rings. The summed E-state index contributed by atoms with van der Waals surface area (Å²) >= 11 is 9.62. The molecule has 3 nitrogen and oxygen atoms in total. The van der Waals surface area contributed by atoms with Crippen molar-refractivity contribution in [2.24, 2.45) is 0 Å². The molecule has 0 fully saturated rings. The Morgan fingerprint density at radius 1 is 1.09 bits per heavy atom. The fourth-order valence-corrected chi connectivity index (χ4v) is 4.48. The molecule has 3 heterocycles. The maximum Gasteiger partial charge on any atom is 0.118 e. The quantitative estimate of drug-likeness (QED) is 0.379. The SMILES string of the molecule is Clc1ccc(CSc2ncnc3ccsc23)c2ncccc12. The van der Waals surface area contributed by atoms with Gasteiger partial charge in [0.2, 0.25) is 0 Å². The second-order valence-corrected chi connectivity index (χ2v) is 7.00. The molecule has 0 spiro atoms. The van der Waals surface area contributed by atoms with Crippen LogP contribution in [0.15, 0.2) is 53.3 Å². The average molecular weight is 344 g/mol. The van der Waals surface area contributed by atoms with Gasteiger partial charge in [0, 0.05) is 22.4 Å². The lowest BCUT2D eigenvalue weighted by molar-refractivity contribution is 1.11. The van der Waals surface area contributed by atoms with Crippen molar-refractivity contribution >= 4 is 55.8 Å². The van der Waals surface area contributed by atoms with Gasteiger partial charge in [-0.3, -0.25) is 4.98 Å². The highest BCUT2D eigenvalue weighted by atomic mass is 35.5. The molecule has 6 heteroatoms. The first-order chi connectivity index (χ1) is 10.8. The fourth-order valence-electron chi connectivity index (χ4n) is 2.33. The minimum atomic E-state index is 0.736. The van der Waals surface area contributed by atoms with Gasteiger partial charge < -0.3 is 0 Å². The predicted molar refractivity (Wildman–Crippen MR) is 93.7 cm³/mol. The number of benzene rings is 1. The third kappa shape index (κ3) is 2.45. The Hall–Kier alpha value is -1.69. The number of fused-ring (bicyclic) bond motifs is 2. The Labute approximate surface area is 140 Å². The van der Waals surface area contributed by atoms with Crippen molar-refractivity contribution in [1.82, 2.24) is 15.0 Å². The lowest BCUT2D eigenvalue weighted by Gasteiger charge is -2.07. The maximum atomic E-state index is 6.24. The van der Waals surface area contributed by atoms with Gasteiger partial charge in [0.25, 0.3) is 0 Å². The Morgan fingerprint density at radius 2 is 2.05 bits per heavy atom. The van der Waals surface area contributed by atoms with Gasteiger partial charge in [-0.1, -0.05) is 17.7 Å². The van der Waals surface area contributed by atoms with E-state index in [0.717, 1.165) is 42.5 Å². The van der Waals surface area contributed by atoms with Crippen LogP contribution < -0.4 is 0 Å². The van der Waals surface area contributed by atoms with E-state index in [0.29, 0.717) is 0 Å². The van der Waals surface area contributed by atoms with Gasteiger partial charge in [0.1, 0.15) is 11.4 Å². The maximum absolute atomic E-state index is 6.24. The molecule has 0 N–H and O–H groups in total. The molecule has 0 aliphatic carbocycles. The Morgan fingerprint density at radius 3 is 3.00 bits per heavy atom. The summed E-state index contributed by atoms with van der Waals surface area (Å²) in [5, 5.41) is 4.78. The van der Waals surface area contributed by atoms with Gasteiger partial charge in [-0.05, 0) is 35.2 Å². The van der Waals surface area contributed by atoms with E-state index in [9.17, 15) is 0 Å². The van der Waals surface area contributed by atoms with Crippen LogP contribution >= 0.6 is 34.7 Å². The first kappa shape index (κ1) is 13.9. The molecule has 0 unspecified atom stereocenters. The number of hydrogen-bond donors (Lipinski definition) is 0. The molecule has 0 bridgehead atoms. The minimum Gasteiger partial charge on any atom is -0.256 e. The summed E-state index contributed by atoms with van der Waals surface area (Å²) in [4.78, 5) is 13.2. The highest BCUT2D eigenvalue weighted by Crippen LogP contribution is 2.33. The molecule has 108 valence electrons. The van der Waals surface area contributed by atoms with Gasteiger partial charge in [0.15, 0.2) is 0 Å². The summed E-state index contributed by atoms with van der Waals surface area (Å²) in [6, 6.07) is 9.90. The van der Waals surface area contributed by atoms with Gasteiger partial charge in [-0.2, -0.15) is 0 Å². The van der Waals surface area contributed by atoms with Crippen LogP contribution in [0.25, 0.3) is 21.1 Å². The molecule has 0 atom stereocenters. The zero-order valence-corrected chi connectivity index (χ0v) is 13.8. The molecule has 22 heavy (non-hydrogen) atoms. The van der Waals surface area contributed by atoms with Gasteiger partial charge in [-0.25, -0.2) is 9.97 Å². The average Bonchev–Trinajstić information content (AvgIpc) is 3.04. The molecule has 0 radical (unpaired) electrons. The molecular weight excluding hydrogens is 334 g/mol. The smallest absolute Gasteiger partial charge is 0.118 e. The van der Waals surface area contributed by atoms with Crippen LogP contribution in [0.5, 0.6) is 0 Å². The lowest BCUT2D eigenvalue weighted by atomic mass is 10.1. The number of aromatic nitrogens is 3. The zero-order valence-electron chi connectivity index (χ0n) is 11.4. The van der Waals surface area contributed by atoms with Crippen molar-refractivity contribution in [3.8, 4) is 0 Å². The molecule has 0 aliphatic heterocycles. The molecule has 4 rings (SSSR count). The topological polar surface area (TPSA) is 38.7 Å². The Bertz CT molecular complexity index is 968. The summed E-state index contributed by atoms with van der Waals surface area (Å²) in [5.41, 5.74) is 3.12. The third-order valence-corrected chi connectivity index (χ3v) is 5.78. The molecule has 0 amide bonds. The number of thioether (sulfide) groups is 1. The van der Waals surface area contributed by atoms with Crippen LogP contribution in [0.4, 0.5) is 0 Å². The van der Waals surface area contributed by atoms with E-state index < -0.39 is 0 Å². The van der Waals surface area contributed by atoms with Crippen LogP contribution in [-0.2, 0) is 5.75 Å². The number of thiophene rings is 1. The summed E-state index contributed by atoms with van der Waals surface area (Å²) in [6.07, 6.45) is 3.42. The van der Waals surface area contributed by atoms with Crippen molar-refractivity contribution in [3.63, 3.8) is 0 Å². The number of nitrogens with zero attached hydrogens (tertiary/aromatic N) is 3. The second-order valence-electron chi connectivity index (χ2n) is 4.71. The summed E-state index contributed by atoms with van der Waals surface area (Å²) in [7, 11) is 0. The highest BCUT2D eigenvalue weighted by Gasteiger charge is 2.09. The predicted octanol–water partition coefficient (Wildman–Crippen LogP) is 5.19. The van der Waals surface area contributed by atoms with Gasteiger partial charge in [-0.15, -0.1) is 23.1 Å². The van der Waals surface area contributed by atoms with Crippen LogP contribution in [0, 0.1) is 0 Å². The molecule has 1 aromatic carbocycles. The van der Waals surface area contributed by atoms with Crippen LogP contribution in [-0.4, -0.2) is 15.0 Å². The van der Waals surface area contributed by atoms with E-state index in [1.54, 1.807) is 35.6 Å². The summed E-state index contributed by atoms with van der Waals surface area (Å²) in [6.45, 7) is 0. The lowest BCUT2D eigenvalue weighted by Crippen LogP contribution is -1.89. The van der Waals surface area contributed by atoms with Crippen LogP contribution in [0.2, 0.25) is 5.02 Å². The van der Waals surface area contributed by atoms with Gasteiger partial charge >= 0.3 is 0 Å². The van der Waals surface area contributed by atoms with Crippen molar-refractivity contribution in [1.29, 1.82) is 0 Å². The normalized spacial score (nSPS) is 11.3. The van der Waals surface area contributed by atoms with E-state index in [4.69, 9.17) is 11.6 Å².